The topological polar surface area (TPSA) is 71.0 Å². The third kappa shape index (κ3) is 3.30. The molecule has 3 aliphatic rings. The van der Waals surface area contributed by atoms with Crippen LogP contribution in [0.2, 0.25) is 0 Å². The monoisotopic (exact) mass is 420 g/mol. The summed E-state index contributed by atoms with van der Waals surface area (Å²) >= 11 is 0. The Morgan fingerprint density at radius 1 is 1.26 bits per heavy atom. The van der Waals surface area contributed by atoms with Gasteiger partial charge in [0.05, 0.1) is 12.4 Å². The van der Waals surface area contributed by atoms with Crippen LogP contribution in [0.15, 0.2) is 24.5 Å². The van der Waals surface area contributed by atoms with E-state index in [-0.39, 0.29) is 5.41 Å². The zero-order valence-corrected chi connectivity index (χ0v) is 18.4. The number of pyridine rings is 1. The van der Waals surface area contributed by atoms with Crippen LogP contribution in [0.25, 0.3) is 22.3 Å². The predicted octanol–water partition coefficient (Wildman–Crippen LogP) is 3.58. The predicted molar refractivity (Wildman–Crippen MR) is 121 cm³/mol. The zero-order chi connectivity index (χ0) is 20.8. The van der Waals surface area contributed by atoms with Gasteiger partial charge in [0.15, 0.2) is 0 Å². The molecule has 164 valence electrons. The Balaban J connectivity index is 1.24. The van der Waals surface area contributed by atoms with Crippen molar-refractivity contribution in [3.05, 3.63) is 35.8 Å². The first-order valence-corrected chi connectivity index (χ1v) is 11.8. The summed E-state index contributed by atoms with van der Waals surface area (Å²) in [5.41, 5.74) is 6.24. The van der Waals surface area contributed by atoms with E-state index in [1.54, 1.807) is 0 Å². The van der Waals surface area contributed by atoms with E-state index in [1.807, 2.05) is 6.20 Å². The maximum absolute atomic E-state index is 5.78. The van der Waals surface area contributed by atoms with Gasteiger partial charge in [0.25, 0.3) is 0 Å². The molecule has 1 spiro atoms. The van der Waals surface area contributed by atoms with Crippen molar-refractivity contribution in [3.8, 4) is 11.3 Å². The lowest BCUT2D eigenvalue weighted by molar-refractivity contribution is 0.0292. The van der Waals surface area contributed by atoms with E-state index in [1.165, 1.54) is 48.7 Å². The molecular weight excluding hydrogens is 388 g/mol. The minimum atomic E-state index is 0.218. The summed E-state index contributed by atoms with van der Waals surface area (Å²) in [5.74, 6) is 0.695. The van der Waals surface area contributed by atoms with E-state index in [0.717, 1.165) is 43.1 Å². The number of rotatable bonds is 7. The Hall–Kier alpha value is -2.22. The summed E-state index contributed by atoms with van der Waals surface area (Å²) in [6.07, 6.45) is 10.4. The maximum Gasteiger partial charge on any atom is 0.137 e. The molecule has 1 unspecified atom stereocenters. The lowest BCUT2D eigenvalue weighted by Gasteiger charge is -2.24. The number of nitrogens with zero attached hydrogens (tertiary/aromatic N) is 4. The molecule has 2 fully saturated rings. The molecule has 0 aromatic carbocycles. The van der Waals surface area contributed by atoms with Gasteiger partial charge in [-0.2, -0.15) is 5.10 Å². The fourth-order valence-corrected chi connectivity index (χ4v) is 5.65. The van der Waals surface area contributed by atoms with Gasteiger partial charge in [-0.05, 0) is 55.8 Å². The summed E-state index contributed by atoms with van der Waals surface area (Å²) in [4.78, 5) is 10.5. The van der Waals surface area contributed by atoms with Gasteiger partial charge in [0.2, 0.25) is 0 Å². The van der Waals surface area contributed by atoms with E-state index < -0.39 is 0 Å². The normalized spacial score (nSPS) is 23.8. The van der Waals surface area contributed by atoms with E-state index in [2.05, 4.69) is 45.1 Å². The standard InChI is InChI=1S/C24H32N6O/c1-2-25-15-31-16-29-8-6-24(14-29)7-9-30-22(24)11-21(28-30)18-10-19-20(17-4-3-5-17)13-27-23(19)26-12-18/h10-13,17,25H,2-9,14-16H2,1H3,(H,26,27). The second-order valence-electron chi connectivity index (χ2n) is 9.54. The van der Waals surface area contributed by atoms with E-state index >= 15 is 0 Å². The van der Waals surface area contributed by atoms with Gasteiger partial charge in [-0.3, -0.25) is 14.9 Å². The fourth-order valence-electron chi connectivity index (χ4n) is 5.65. The first-order chi connectivity index (χ1) is 15.3. The fraction of sp³-hybridized carbons (Fsp3) is 0.583. The van der Waals surface area contributed by atoms with E-state index in [4.69, 9.17) is 14.8 Å². The molecule has 1 atom stereocenters. The molecule has 0 amide bonds. The quantitative estimate of drug-likeness (QED) is 0.452. The van der Waals surface area contributed by atoms with E-state index in [0.29, 0.717) is 19.4 Å². The number of aryl methyl sites for hydroxylation is 1. The molecule has 0 radical (unpaired) electrons. The molecule has 5 heterocycles. The van der Waals surface area contributed by atoms with Crippen LogP contribution in [0, 0.1) is 0 Å². The third-order valence-electron chi connectivity index (χ3n) is 7.69. The van der Waals surface area contributed by atoms with Crippen molar-refractivity contribution in [2.75, 3.05) is 33.1 Å². The minimum absolute atomic E-state index is 0.218. The summed E-state index contributed by atoms with van der Waals surface area (Å²) in [7, 11) is 0. The maximum atomic E-state index is 5.78. The Kier molecular flexibility index (Phi) is 4.85. The average Bonchev–Trinajstić information content (AvgIpc) is 3.50. The average molecular weight is 421 g/mol. The molecule has 2 N–H and O–H groups in total. The highest BCUT2D eigenvalue weighted by Gasteiger charge is 2.45. The second kappa shape index (κ2) is 7.73. The van der Waals surface area contributed by atoms with Crippen LogP contribution in [0.5, 0.6) is 0 Å². The van der Waals surface area contributed by atoms with Gasteiger partial charge in [0.1, 0.15) is 12.4 Å². The number of hydrogen-bond acceptors (Lipinski definition) is 5. The molecule has 31 heavy (non-hydrogen) atoms. The zero-order valence-electron chi connectivity index (χ0n) is 18.4. The van der Waals surface area contributed by atoms with Crippen molar-refractivity contribution >= 4 is 11.0 Å². The van der Waals surface area contributed by atoms with Crippen molar-refractivity contribution in [3.63, 3.8) is 0 Å². The Morgan fingerprint density at radius 2 is 2.16 bits per heavy atom. The number of fused-ring (bicyclic) bond motifs is 3. The molecule has 1 saturated carbocycles. The SMILES string of the molecule is CCNCOCN1CCC2(CCn3nc(-c4cnc5[nH]cc(C6CCC6)c5c4)cc32)C1. The number of likely N-dealkylation sites (tertiary alicyclic amines) is 1. The number of aromatic nitrogens is 4. The van der Waals surface area contributed by atoms with Gasteiger partial charge in [-0.1, -0.05) is 13.3 Å². The molecule has 3 aromatic rings. The lowest BCUT2D eigenvalue weighted by Crippen LogP contribution is -2.32. The van der Waals surface area contributed by atoms with Gasteiger partial charge in [0, 0.05) is 54.1 Å². The number of ether oxygens (including phenoxy) is 1. The van der Waals surface area contributed by atoms with Crippen LogP contribution >= 0.6 is 0 Å². The van der Waals surface area contributed by atoms with Crippen LogP contribution in [0.4, 0.5) is 0 Å². The minimum Gasteiger partial charge on any atom is -0.351 e. The molecule has 7 heteroatoms. The third-order valence-corrected chi connectivity index (χ3v) is 7.69. The number of H-pyrrole nitrogens is 1. The number of nitrogens with one attached hydrogen (secondary N) is 2. The van der Waals surface area contributed by atoms with Crippen LogP contribution in [-0.4, -0.2) is 57.7 Å². The smallest absolute Gasteiger partial charge is 0.137 e. The van der Waals surface area contributed by atoms with Crippen LogP contribution < -0.4 is 5.32 Å². The summed E-state index contributed by atoms with van der Waals surface area (Å²) in [6.45, 7) is 7.53. The summed E-state index contributed by atoms with van der Waals surface area (Å²) in [5, 5.41) is 9.50. The first-order valence-electron chi connectivity index (χ1n) is 11.8. The summed E-state index contributed by atoms with van der Waals surface area (Å²) in [6, 6.07) is 4.63. The molecule has 1 saturated heterocycles. The molecule has 2 aliphatic heterocycles. The van der Waals surface area contributed by atoms with Crippen LogP contribution in [0.1, 0.15) is 56.2 Å². The van der Waals surface area contributed by atoms with Gasteiger partial charge in [-0.15, -0.1) is 0 Å². The molecule has 7 nitrogen and oxygen atoms in total. The van der Waals surface area contributed by atoms with E-state index in [9.17, 15) is 0 Å². The molecular formula is C24H32N6O. The molecule has 0 bridgehead atoms. The highest BCUT2D eigenvalue weighted by molar-refractivity contribution is 5.84. The Morgan fingerprint density at radius 3 is 3.00 bits per heavy atom. The summed E-state index contributed by atoms with van der Waals surface area (Å²) < 4.78 is 8.02. The largest absolute Gasteiger partial charge is 0.351 e. The van der Waals surface area contributed by atoms with Gasteiger partial charge in [-0.25, -0.2) is 4.98 Å². The first kappa shape index (κ1) is 19.5. The molecule has 6 rings (SSSR count). The van der Waals surface area contributed by atoms with Crippen molar-refractivity contribution in [1.82, 2.24) is 30.0 Å². The van der Waals surface area contributed by atoms with Crippen LogP contribution in [-0.2, 0) is 16.7 Å². The van der Waals surface area contributed by atoms with Crippen molar-refractivity contribution in [2.24, 2.45) is 0 Å². The number of hydrogen-bond donors (Lipinski definition) is 2. The van der Waals surface area contributed by atoms with Gasteiger partial charge < -0.3 is 9.72 Å². The van der Waals surface area contributed by atoms with Crippen molar-refractivity contribution in [1.29, 1.82) is 0 Å². The second-order valence-corrected chi connectivity index (χ2v) is 9.54. The van der Waals surface area contributed by atoms with Crippen LogP contribution in [0.3, 0.4) is 0 Å². The van der Waals surface area contributed by atoms with Gasteiger partial charge >= 0.3 is 0 Å². The number of aromatic amines is 1. The molecule has 3 aromatic heterocycles. The highest BCUT2D eigenvalue weighted by Crippen LogP contribution is 2.44. The highest BCUT2D eigenvalue weighted by atomic mass is 16.5. The lowest BCUT2D eigenvalue weighted by atomic mass is 9.80. The Bertz CT molecular complexity index is 1080. The molecule has 1 aliphatic carbocycles. The Labute approximate surface area is 183 Å². The van der Waals surface area contributed by atoms with Crippen molar-refractivity contribution in [2.45, 2.75) is 56.9 Å². The van der Waals surface area contributed by atoms with Crippen molar-refractivity contribution < 1.29 is 4.74 Å².